The molecule has 122 valence electrons. The van der Waals surface area contributed by atoms with Crippen molar-refractivity contribution in [1.82, 2.24) is 9.97 Å². The first-order valence-corrected chi connectivity index (χ1v) is 7.41. The molecule has 0 bridgehead atoms. The summed E-state index contributed by atoms with van der Waals surface area (Å²) in [5.74, 6) is -0.0463. The molecule has 0 aromatic carbocycles. The van der Waals surface area contributed by atoms with E-state index in [-0.39, 0.29) is 12.2 Å². The van der Waals surface area contributed by atoms with Crippen LogP contribution in [-0.4, -0.2) is 35.6 Å². The first-order valence-electron chi connectivity index (χ1n) is 7.41. The molecule has 0 saturated heterocycles. The molecule has 0 aliphatic carbocycles. The Balaban J connectivity index is 2.04. The van der Waals surface area contributed by atoms with Crippen molar-refractivity contribution >= 4 is 5.78 Å². The van der Waals surface area contributed by atoms with Crippen LogP contribution in [0.5, 0.6) is 5.75 Å². The number of rotatable bonds is 8. The molecule has 2 rings (SSSR count). The monoisotopic (exact) mass is 318 g/mol. The zero-order valence-electron chi connectivity index (χ0n) is 13.2. The lowest BCUT2D eigenvalue weighted by Gasteiger charge is -2.09. The summed E-state index contributed by atoms with van der Waals surface area (Å²) in [5.41, 5.74) is 1.50. The van der Waals surface area contributed by atoms with Gasteiger partial charge in [0.05, 0.1) is 19.2 Å². The van der Waals surface area contributed by atoms with Crippen LogP contribution in [0, 0.1) is 12.7 Å². The number of hydrogen-bond acceptors (Lipinski definition) is 5. The van der Waals surface area contributed by atoms with Gasteiger partial charge in [-0.05, 0) is 26.0 Å². The Labute approximate surface area is 134 Å². The van der Waals surface area contributed by atoms with E-state index in [9.17, 15) is 9.18 Å². The van der Waals surface area contributed by atoms with Crippen LogP contribution < -0.4 is 4.74 Å². The SMILES string of the molecule is CCOCCOc1cc(C)nc(C(=O)Cc2ccc(F)cn2)c1. The van der Waals surface area contributed by atoms with E-state index >= 15 is 0 Å². The lowest BCUT2D eigenvalue weighted by molar-refractivity contribution is 0.0985. The van der Waals surface area contributed by atoms with Gasteiger partial charge >= 0.3 is 0 Å². The molecule has 6 heteroatoms. The number of aromatic nitrogens is 2. The molecule has 5 nitrogen and oxygen atoms in total. The van der Waals surface area contributed by atoms with E-state index in [4.69, 9.17) is 9.47 Å². The van der Waals surface area contributed by atoms with Crippen molar-refractivity contribution in [1.29, 1.82) is 0 Å². The molecular weight excluding hydrogens is 299 g/mol. The van der Waals surface area contributed by atoms with Gasteiger partial charge in [-0.3, -0.25) is 9.78 Å². The molecule has 0 aliphatic rings. The number of carbonyl (C=O) groups is 1. The van der Waals surface area contributed by atoms with E-state index in [1.807, 2.05) is 6.92 Å². The maximum Gasteiger partial charge on any atom is 0.187 e. The molecule has 0 aliphatic heterocycles. The summed E-state index contributed by atoms with van der Waals surface area (Å²) in [4.78, 5) is 20.4. The number of Topliss-reactive ketones (excluding diaryl/α,β-unsaturated/α-hetero) is 1. The molecule has 2 heterocycles. The second-order valence-corrected chi connectivity index (χ2v) is 4.94. The number of carbonyl (C=O) groups excluding carboxylic acids is 1. The van der Waals surface area contributed by atoms with Crippen LogP contribution in [-0.2, 0) is 11.2 Å². The molecule has 0 spiro atoms. The number of ether oxygens (including phenoxy) is 2. The third kappa shape index (κ3) is 5.41. The second-order valence-electron chi connectivity index (χ2n) is 4.94. The highest BCUT2D eigenvalue weighted by Crippen LogP contribution is 2.15. The summed E-state index contributed by atoms with van der Waals surface area (Å²) in [6, 6.07) is 6.13. The summed E-state index contributed by atoms with van der Waals surface area (Å²) in [6.07, 6.45) is 1.16. The zero-order chi connectivity index (χ0) is 16.7. The van der Waals surface area contributed by atoms with Crippen LogP contribution in [0.2, 0.25) is 0 Å². The van der Waals surface area contributed by atoms with Crippen molar-refractivity contribution in [3.8, 4) is 5.75 Å². The summed E-state index contributed by atoms with van der Waals surface area (Å²) >= 11 is 0. The molecule has 0 N–H and O–H groups in total. The predicted molar refractivity (Wildman–Crippen MR) is 83.2 cm³/mol. The molecular formula is C17H19FN2O3. The Bertz CT molecular complexity index is 659. The summed E-state index contributed by atoms with van der Waals surface area (Å²) in [6.45, 7) is 5.23. The minimum Gasteiger partial charge on any atom is -0.491 e. The Morgan fingerprint density at radius 2 is 2.09 bits per heavy atom. The maximum atomic E-state index is 12.8. The number of pyridine rings is 2. The molecule has 2 aromatic heterocycles. The molecule has 0 atom stereocenters. The van der Waals surface area contributed by atoms with Crippen molar-refractivity contribution in [2.45, 2.75) is 20.3 Å². The normalized spacial score (nSPS) is 10.6. The number of ketones is 1. The number of nitrogens with zero attached hydrogens (tertiary/aromatic N) is 2. The lowest BCUT2D eigenvalue weighted by Crippen LogP contribution is -2.10. The van der Waals surface area contributed by atoms with Crippen molar-refractivity contribution in [3.05, 3.63) is 53.4 Å². The van der Waals surface area contributed by atoms with Gasteiger partial charge in [0.1, 0.15) is 23.9 Å². The average molecular weight is 318 g/mol. The molecule has 0 amide bonds. The zero-order valence-corrected chi connectivity index (χ0v) is 13.2. The van der Waals surface area contributed by atoms with Crippen LogP contribution in [0.1, 0.15) is 28.8 Å². The van der Waals surface area contributed by atoms with Gasteiger partial charge in [-0.25, -0.2) is 9.37 Å². The van der Waals surface area contributed by atoms with Crippen molar-refractivity contribution in [3.63, 3.8) is 0 Å². The van der Waals surface area contributed by atoms with E-state index in [1.54, 1.807) is 19.1 Å². The standard InChI is InChI=1S/C17H19FN2O3/c1-3-22-6-7-23-15-8-12(2)20-16(10-15)17(21)9-14-5-4-13(18)11-19-14/h4-5,8,10-11H,3,6-7,9H2,1-2H3. The number of hydrogen-bond donors (Lipinski definition) is 0. The third-order valence-corrected chi connectivity index (χ3v) is 3.04. The molecule has 2 aromatic rings. The van der Waals surface area contributed by atoms with Gasteiger partial charge in [-0.1, -0.05) is 0 Å². The number of halogens is 1. The van der Waals surface area contributed by atoms with Gasteiger partial charge in [0.25, 0.3) is 0 Å². The quantitative estimate of drug-likeness (QED) is 0.553. The third-order valence-electron chi connectivity index (χ3n) is 3.04. The summed E-state index contributed by atoms with van der Waals surface area (Å²) in [5, 5.41) is 0. The highest BCUT2D eigenvalue weighted by atomic mass is 19.1. The van der Waals surface area contributed by atoms with E-state index in [2.05, 4.69) is 9.97 Å². The van der Waals surface area contributed by atoms with Gasteiger partial charge in [0.2, 0.25) is 0 Å². The minimum absolute atomic E-state index is 0.0646. The van der Waals surface area contributed by atoms with Gasteiger partial charge in [-0.2, -0.15) is 0 Å². The topological polar surface area (TPSA) is 61.3 Å². The highest BCUT2D eigenvalue weighted by Gasteiger charge is 2.12. The van der Waals surface area contributed by atoms with Gasteiger partial charge in [0, 0.05) is 30.1 Å². The maximum absolute atomic E-state index is 12.8. The minimum atomic E-state index is -0.431. The van der Waals surface area contributed by atoms with E-state index in [0.29, 0.717) is 42.7 Å². The van der Waals surface area contributed by atoms with Crippen molar-refractivity contribution < 1.29 is 18.7 Å². The van der Waals surface area contributed by atoms with Crippen LogP contribution in [0.3, 0.4) is 0 Å². The Morgan fingerprint density at radius 1 is 1.26 bits per heavy atom. The van der Waals surface area contributed by atoms with E-state index < -0.39 is 5.82 Å². The summed E-state index contributed by atoms with van der Waals surface area (Å²) in [7, 11) is 0. The number of aryl methyl sites for hydroxylation is 1. The van der Waals surface area contributed by atoms with Crippen LogP contribution >= 0.6 is 0 Å². The first-order chi connectivity index (χ1) is 11.1. The molecule has 0 unspecified atom stereocenters. The second kappa shape index (κ2) is 8.33. The molecule has 0 saturated carbocycles. The fourth-order valence-electron chi connectivity index (χ4n) is 1.99. The van der Waals surface area contributed by atoms with Gasteiger partial charge < -0.3 is 9.47 Å². The smallest absolute Gasteiger partial charge is 0.187 e. The van der Waals surface area contributed by atoms with Crippen molar-refractivity contribution in [2.75, 3.05) is 19.8 Å². The Morgan fingerprint density at radius 3 is 2.78 bits per heavy atom. The highest BCUT2D eigenvalue weighted by molar-refractivity contribution is 5.95. The molecule has 23 heavy (non-hydrogen) atoms. The fourth-order valence-corrected chi connectivity index (χ4v) is 1.99. The van der Waals surface area contributed by atoms with Crippen LogP contribution in [0.4, 0.5) is 4.39 Å². The predicted octanol–water partition coefficient (Wildman–Crippen LogP) is 2.76. The van der Waals surface area contributed by atoms with E-state index in [1.165, 1.54) is 12.1 Å². The van der Waals surface area contributed by atoms with Crippen molar-refractivity contribution in [2.24, 2.45) is 0 Å². The van der Waals surface area contributed by atoms with Crippen LogP contribution in [0.15, 0.2) is 30.5 Å². The summed E-state index contributed by atoms with van der Waals surface area (Å²) < 4.78 is 23.6. The van der Waals surface area contributed by atoms with Gasteiger partial charge in [0.15, 0.2) is 5.78 Å². The lowest BCUT2D eigenvalue weighted by atomic mass is 10.1. The largest absolute Gasteiger partial charge is 0.491 e. The Hall–Kier alpha value is -2.34. The van der Waals surface area contributed by atoms with Gasteiger partial charge in [-0.15, -0.1) is 0 Å². The fraction of sp³-hybridized carbons (Fsp3) is 0.353. The van der Waals surface area contributed by atoms with E-state index in [0.717, 1.165) is 6.20 Å². The average Bonchev–Trinajstić information content (AvgIpc) is 2.53. The molecule has 0 radical (unpaired) electrons. The Kier molecular flexibility index (Phi) is 6.17. The van der Waals surface area contributed by atoms with Crippen LogP contribution in [0.25, 0.3) is 0 Å². The first kappa shape index (κ1) is 17.0. The molecule has 0 fully saturated rings.